The van der Waals surface area contributed by atoms with E-state index in [0.717, 1.165) is 12.8 Å². The molecule has 0 amide bonds. The normalized spacial score (nSPS) is 34.0. The van der Waals surface area contributed by atoms with Gasteiger partial charge >= 0.3 is 0 Å². The molecule has 2 heteroatoms. The van der Waals surface area contributed by atoms with Gasteiger partial charge < -0.3 is 9.47 Å². The van der Waals surface area contributed by atoms with Gasteiger partial charge in [-0.15, -0.1) is 0 Å². The molecule has 2 saturated carbocycles. The van der Waals surface area contributed by atoms with Crippen LogP contribution in [0.15, 0.2) is 0 Å². The van der Waals surface area contributed by atoms with Crippen molar-refractivity contribution in [2.45, 2.75) is 250 Å². The molecule has 0 aromatic carbocycles. The minimum atomic E-state index is -0.297. The molecule has 0 bridgehead atoms. The molecule has 0 N–H and O–H groups in total. The van der Waals surface area contributed by atoms with Gasteiger partial charge in [-0.1, -0.05) is 186 Å². The van der Waals surface area contributed by atoms with Gasteiger partial charge in [-0.3, -0.25) is 0 Å². The predicted molar refractivity (Wildman–Crippen MR) is 203 cm³/mol. The lowest BCUT2D eigenvalue weighted by Crippen LogP contribution is -2.60. The van der Waals surface area contributed by atoms with Gasteiger partial charge in [-0.25, -0.2) is 0 Å². The third kappa shape index (κ3) is 9.17. The molecule has 0 saturated heterocycles. The average molecular weight is 647 g/mol. The standard InChI is InChI=1S/C44H86O2/c1-36(45-43(14)34-30-26-22-18-16-20-24-28-32-37(2,3)39(6,7)41(43,10)11)46-44(15)35-31-27-23-19-17-21-25-29-33-38(4,5)40(8,9)42(44,12)13/h36H,16-35H2,1-15H3. The van der Waals surface area contributed by atoms with Crippen molar-refractivity contribution < 1.29 is 9.47 Å². The van der Waals surface area contributed by atoms with E-state index in [1.165, 1.54) is 116 Å². The van der Waals surface area contributed by atoms with Crippen molar-refractivity contribution in [2.24, 2.45) is 32.5 Å². The van der Waals surface area contributed by atoms with Gasteiger partial charge in [-0.2, -0.15) is 0 Å². The molecule has 2 rings (SSSR count). The zero-order chi connectivity index (χ0) is 35.1. The quantitative estimate of drug-likeness (QED) is 0.283. The molecule has 274 valence electrons. The fourth-order valence-electron chi connectivity index (χ4n) is 9.61. The van der Waals surface area contributed by atoms with Gasteiger partial charge in [0.05, 0.1) is 11.2 Å². The van der Waals surface area contributed by atoms with Gasteiger partial charge in [0.2, 0.25) is 0 Å². The van der Waals surface area contributed by atoms with Crippen molar-refractivity contribution >= 4 is 0 Å². The second-order valence-corrected chi connectivity index (χ2v) is 20.2. The first-order valence-electron chi connectivity index (χ1n) is 20.4. The van der Waals surface area contributed by atoms with E-state index in [0.29, 0.717) is 0 Å². The van der Waals surface area contributed by atoms with Gasteiger partial charge in [0.25, 0.3) is 0 Å². The summed E-state index contributed by atoms with van der Waals surface area (Å²) >= 11 is 0. The Labute approximate surface area is 291 Å². The third-order valence-electron chi connectivity index (χ3n) is 16.4. The summed E-state index contributed by atoms with van der Waals surface area (Å²) in [5.74, 6) is 0. The zero-order valence-corrected chi connectivity index (χ0v) is 34.5. The van der Waals surface area contributed by atoms with Gasteiger partial charge in [0, 0.05) is 0 Å². The monoisotopic (exact) mass is 647 g/mol. The SMILES string of the molecule is CC(OC1(C)CCCCCCCCCCC(C)(C)C(C)(C)C1(C)C)OC1(C)CCCCCCCCCCC(C)(C)C(C)(C)C1(C)C. The fraction of sp³-hybridized carbons (Fsp3) is 1.00. The minimum absolute atomic E-state index is 0.0494. The van der Waals surface area contributed by atoms with E-state index in [-0.39, 0.29) is 50.0 Å². The maximum Gasteiger partial charge on any atom is 0.156 e. The van der Waals surface area contributed by atoms with Crippen molar-refractivity contribution in [1.82, 2.24) is 0 Å². The van der Waals surface area contributed by atoms with Crippen LogP contribution in [0.5, 0.6) is 0 Å². The Hall–Kier alpha value is -0.0800. The smallest absolute Gasteiger partial charge is 0.156 e. The van der Waals surface area contributed by atoms with Crippen molar-refractivity contribution in [3.8, 4) is 0 Å². The minimum Gasteiger partial charge on any atom is -0.346 e. The molecule has 2 fully saturated rings. The van der Waals surface area contributed by atoms with Crippen LogP contribution in [0.3, 0.4) is 0 Å². The van der Waals surface area contributed by atoms with Crippen LogP contribution in [-0.4, -0.2) is 17.5 Å². The zero-order valence-electron chi connectivity index (χ0n) is 34.5. The topological polar surface area (TPSA) is 18.5 Å². The van der Waals surface area contributed by atoms with Gasteiger partial charge in [0.1, 0.15) is 0 Å². The van der Waals surface area contributed by atoms with Crippen LogP contribution < -0.4 is 0 Å². The van der Waals surface area contributed by atoms with Crippen LogP contribution >= 0.6 is 0 Å². The Morgan fingerprint density at radius 2 is 0.522 bits per heavy atom. The first kappa shape index (κ1) is 42.1. The largest absolute Gasteiger partial charge is 0.346 e. The lowest BCUT2D eigenvalue weighted by Gasteiger charge is -2.61. The number of hydrogen-bond acceptors (Lipinski definition) is 2. The first-order valence-corrected chi connectivity index (χ1v) is 20.4. The van der Waals surface area contributed by atoms with Crippen LogP contribution in [-0.2, 0) is 9.47 Å². The molecule has 0 aliphatic heterocycles. The summed E-state index contributed by atoms with van der Waals surface area (Å²) in [5.41, 5.74) is -0.106. The fourth-order valence-corrected chi connectivity index (χ4v) is 9.61. The summed E-state index contributed by atoms with van der Waals surface area (Å²) in [6.07, 6.45) is 26.0. The highest BCUT2D eigenvalue weighted by Crippen LogP contribution is 2.62. The number of hydrogen-bond donors (Lipinski definition) is 0. The highest BCUT2D eigenvalue weighted by molar-refractivity contribution is 5.07. The predicted octanol–water partition coefficient (Wildman–Crippen LogP) is 14.9. The molecular weight excluding hydrogens is 560 g/mol. The van der Waals surface area contributed by atoms with E-state index in [2.05, 4.69) is 104 Å². The highest BCUT2D eigenvalue weighted by Gasteiger charge is 2.59. The van der Waals surface area contributed by atoms with Crippen LogP contribution in [0, 0.1) is 32.5 Å². The lowest BCUT2D eigenvalue weighted by atomic mass is 9.48. The van der Waals surface area contributed by atoms with Crippen molar-refractivity contribution in [2.75, 3.05) is 0 Å². The summed E-state index contributed by atoms with van der Waals surface area (Å²) in [5, 5.41) is 0. The Kier molecular flexibility index (Phi) is 14.9. The summed E-state index contributed by atoms with van der Waals surface area (Å²) in [7, 11) is 0. The summed E-state index contributed by atoms with van der Waals surface area (Å²) in [4.78, 5) is 0. The average Bonchev–Trinajstić information content (AvgIpc) is 2.93. The summed E-state index contributed by atoms with van der Waals surface area (Å²) in [6.45, 7) is 37.5. The molecule has 0 heterocycles. The molecule has 2 nitrogen and oxygen atoms in total. The van der Waals surface area contributed by atoms with Crippen molar-refractivity contribution in [1.29, 1.82) is 0 Å². The maximum atomic E-state index is 7.45. The van der Waals surface area contributed by atoms with Crippen LogP contribution in [0.2, 0.25) is 0 Å². The molecule has 46 heavy (non-hydrogen) atoms. The number of ether oxygens (including phenoxy) is 2. The Morgan fingerprint density at radius 1 is 0.304 bits per heavy atom. The molecule has 0 spiro atoms. The summed E-state index contributed by atoms with van der Waals surface area (Å²) < 4.78 is 14.9. The lowest BCUT2D eigenvalue weighted by molar-refractivity contribution is -0.313. The molecule has 0 radical (unpaired) electrons. The second-order valence-electron chi connectivity index (χ2n) is 20.2. The van der Waals surface area contributed by atoms with E-state index in [9.17, 15) is 0 Å². The van der Waals surface area contributed by atoms with E-state index in [4.69, 9.17) is 9.47 Å². The molecule has 2 aliphatic rings. The van der Waals surface area contributed by atoms with Crippen LogP contribution in [0.25, 0.3) is 0 Å². The Morgan fingerprint density at radius 3 is 0.783 bits per heavy atom. The maximum absolute atomic E-state index is 7.45. The van der Waals surface area contributed by atoms with E-state index >= 15 is 0 Å². The molecule has 2 aliphatic carbocycles. The summed E-state index contributed by atoms with van der Waals surface area (Å²) in [6, 6.07) is 0. The van der Waals surface area contributed by atoms with Crippen LogP contribution in [0.4, 0.5) is 0 Å². The van der Waals surface area contributed by atoms with Crippen molar-refractivity contribution in [3.63, 3.8) is 0 Å². The van der Waals surface area contributed by atoms with Gasteiger partial charge in [0.15, 0.2) is 6.29 Å². The highest BCUT2D eigenvalue weighted by atomic mass is 16.7. The third-order valence-corrected chi connectivity index (χ3v) is 16.4. The van der Waals surface area contributed by atoms with Crippen molar-refractivity contribution in [3.05, 3.63) is 0 Å². The second kappa shape index (κ2) is 16.3. The molecule has 2 unspecified atom stereocenters. The molecular formula is C44H86O2. The number of rotatable bonds is 4. The van der Waals surface area contributed by atoms with Crippen LogP contribution in [0.1, 0.15) is 232 Å². The molecule has 0 aromatic rings. The van der Waals surface area contributed by atoms with Gasteiger partial charge in [-0.05, 0) is 78.9 Å². The van der Waals surface area contributed by atoms with E-state index < -0.39 is 0 Å². The van der Waals surface area contributed by atoms with E-state index in [1.54, 1.807) is 0 Å². The first-order chi connectivity index (χ1) is 21.0. The molecule has 0 aromatic heterocycles. The van der Waals surface area contributed by atoms with E-state index in [1.807, 2.05) is 0 Å². The Balaban J connectivity index is 2.49. The Bertz CT molecular complexity index is 820. The molecule has 2 atom stereocenters.